The zero-order valence-electron chi connectivity index (χ0n) is 13.7. The lowest BCUT2D eigenvalue weighted by Crippen LogP contribution is -2.51. The van der Waals surface area contributed by atoms with Gasteiger partial charge in [-0.2, -0.15) is 13.2 Å². The third kappa shape index (κ3) is 3.49. The second kappa shape index (κ2) is 6.61. The van der Waals surface area contributed by atoms with Gasteiger partial charge in [0.15, 0.2) is 0 Å². The fourth-order valence-electron chi connectivity index (χ4n) is 3.34. The lowest BCUT2D eigenvalue weighted by molar-refractivity contribution is -0.139. The van der Waals surface area contributed by atoms with Crippen molar-refractivity contribution in [3.8, 4) is 0 Å². The summed E-state index contributed by atoms with van der Waals surface area (Å²) < 4.78 is 37.9. The second-order valence-electron chi connectivity index (χ2n) is 6.72. The fourth-order valence-corrected chi connectivity index (χ4v) is 3.34. The maximum absolute atomic E-state index is 12.6. The molecule has 24 heavy (non-hydrogen) atoms. The molecule has 2 heterocycles. The summed E-state index contributed by atoms with van der Waals surface area (Å²) in [7, 11) is 1.84. The van der Waals surface area contributed by atoms with Crippen LogP contribution >= 0.6 is 0 Å². The van der Waals surface area contributed by atoms with Crippen molar-refractivity contribution >= 4 is 11.7 Å². The number of likely N-dealkylation sites (N-methyl/N-ethyl adjacent to an activating group) is 1. The molecule has 2 fully saturated rings. The average molecular weight is 341 g/mol. The normalized spacial score (nSPS) is 22.2. The first kappa shape index (κ1) is 17.0. The summed E-state index contributed by atoms with van der Waals surface area (Å²) >= 11 is 0. The number of hydrogen-bond acceptors (Lipinski definition) is 3. The van der Waals surface area contributed by atoms with Crippen LogP contribution in [0.3, 0.4) is 0 Å². The van der Waals surface area contributed by atoms with Crippen molar-refractivity contribution in [2.45, 2.75) is 44.3 Å². The van der Waals surface area contributed by atoms with E-state index in [0.29, 0.717) is 12.4 Å². The molecule has 0 N–H and O–H groups in total. The van der Waals surface area contributed by atoms with Gasteiger partial charge >= 0.3 is 6.18 Å². The molecule has 132 valence electrons. The monoisotopic (exact) mass is 341 g/mol. The van der Waals surface area contributed by atoms with Gasteiger partial charge in [0.2, 0.25) is 5.91 Å². The number of hydrogen-bond donors (Lipinski definition) is 0. The fraction of sp³-hybridized carbons (Fsp3) is 0.647. The number of alkyl halides is 3. The van der Waals surface area contributed by atoms with E-state index in [4.69, 9.17) is 0 Å². The minimum Gasteiger partial charge on any atom is -0.355 e. The summed E-state index contributed by atoms with van der Waals surface area (Å²) in [6.45, 7) is 1.37. The predicted octanol–water partition coefficient (Wildman–Crippen LogP) is 3.33. The minimum absolute atomic E-state index is 0.0935. The molecule has 3 rings (SSSR count). The van der Waals surface area contributed by atoms with Crippen LogP contribution in [0.2, 0.25) is 0 Å². The summed E-state index contributed by atoms with van der Waals surface area (Å²) in [5.41, 5.74) is -0.739. The third-order valence-electron chi connectivity index (χ3n) is 5.15. The van der Waals surface area contributed by atoms with E-state index in [9.17, 15) is 18.0 Å². The molecule has 2 aliphatic rings. The lowest BCUT2D eigenvalue weighted by atomic mass is 9.84. The van der Waals surface area contributed by atoms with Crippen LogP contribution in [-0.2, 0) is 11.0 Å². The summed E-state index contributed by atoms with van der Waals surface area (Å²) in [6, 6.07) is 2.57. The Labute approximate surface area is 139 Å². The molecule has 0 aromatic carbocycles. The molecule has 4 nitrogen and oxygen atoms in total. The molecular formula is C17H22F3N3O. The van der Waals surface area contributed by atoms with Gasteiger partial charge in [0.25, 0.3) is 0 Å². The molecule has 1 aliphatic heterocycles. The number of halogens is 3. The molecule has 0 radical (unpaired) electrons. The van der Waals surface area contributed by atoms with Gasteiger partial charge in [0.1, 0.15) is 5.82 Å². The predicted molar refractivity (Wildman–Crippen MR) is 84.6 cm³/mol. The molecule has 1 saturated heterocycles. The zero-order chi connectivity index (χ0) is 17.3. The van der Waals surface area contributed by atoms with Gasteiger partial charge in [0.05, 0.1) is 5.56 Å². The molecule has 1 unspecified atom stereocenters. The van der Waals surface area contributed by atoms with E-state index < -0.39 is 11.7 Å². The first-order chi connectivity index (χ1) is 11.4. The number of anilines is 1. The van der Waals surface area contributed by atoms with Gasteiger partial charge in [-0.25, -0.2) is 4.98 Å². The van der Waals surface area contributed by atoms with Crippen molar-refractivity contribution < 1.29 is 18.0 Å². The Balaban J connectivity index is 1.65. The lowest BCUT2D eigenvalue weighted by Gasteiger charge is -2.40. The maximum atomic E-state index is 12.6. The number of nitrogens with zero attached hydrogens (tertiary/aromatic N) is 3. The topological polar surface area (TPSA) is 36.4 Å². The Bertz CT molecular complexity index is 584. The van der Waals surface area contributed by atoms with E-state index in [1.807, 2.05) is 16.8 Å². The van der Waals surface area contributed by atoms with Crippen LogP contribution < -0.4 is 4.90 Å². The van der Waals surface area contributed by atoms with E-state index in [-0.39, 0.29) is 17.9 Å². The molecule has 1 saturated carbocycles. The second-order valence-corrected chi connectivity index (χ2v) is 6.72. The van der Waals surface area contributed by atoms with Gasteiger partial charge in [-0.3, -0.25) is 4.79 Å². The van der Waals surface area contributed by atoms with Gasteiger partial charge in [0, 0.05) is 38.3 Å². The molecule has 1 aromatic rings. The Morgan fingerprint density at radius 2 is 2.00 bits per heavy atom. The molecule has 0 bridgehead atoms. The first-order valence-corrected chi connectivity index (χ1v) is 8.41. The maximum Gasteiger partial charge on any atom is 0.417 e. The minimum atomic E-state index is -4.37. The SMILES string of the molecule is CN(C(=O)C1CCC1)C1CCCN(c2ccc(C(F)(F)F)cn2)C1. The van der Waals surface area contributed by atoms with E-state index in [1.165, 1.54) is 6.07 Å². The highest BCUT2D eigenvalue weighted by molar-refractivity contribution is 5.79. The van der Waals surface area contributed by atoms with E-state index >= 15 is 0 Å². The molecule has 1 atom stereocenters. The molecule has 0 spiro atoms. The highest BCUT2D eigenvalue weighted by Crippen LogP contribution is 2.31. The summed E-state index contributed by atoms with van der Waals surface area (Å²) in [5.74, 6) is 0.903. The highest BCUT2D eigenvalue weighted by atomic mass is 19.4. The standard InChI is InChI=1S/C17H22F3N3O/c1-22(16(24)12-4-2-5-12)14-6-3-9-23(11-14)15-8-7-13(10-21-15)17(18,19)20/h7-8,10,12,14H,2-6,9,11H2,1H3. The van der Waals surface area contributed by atoms with Crippen LogP contribution in [0.5, 0.6) is 0 Å². The molecular weight excluding hydrogens is 319 g/mol. The van der Waals surface area contributed by atoms with Crippen molar-refractivity contribution in [3.63, 3.8) is 0 Å². The van der Waals surface area contributed by atoms with Crippen molar-refractivity contribution in [2.24, 2.45) is 5.92 Å². The van der Waals surface area contributed by atoms with Crippen molar-refractivity contribution in [2.75, 3.05) is 25.0 Å². The van der Waals surface area contributed by atoms with Gasteiger partial charge in [-0.15, -0.1) is 0 Å². The smallest absolute Gasteiger partial charge is 0.355 e. The number of aromatic nitrogens is 1. The van der Waals surface area contributed by atoms with Gasteiger partial charge < -0.3 is 9.80 Å². The summed E-state index contributed by atoms with van der Waals surface area (Å²) in [4.78, 5) is 20.2. The molecule has 7 heteroatoms. The largest absolute Gasteiger partial charge is 0.417 e. The van der Waals surface area contributed by atoms with Crippen LogP contribution in [0.4, 0.5) is 19.0 Å². The Morgan fingerprint density at radius 1 is 1.25 bits per heavy atom. The van der Waals surface area contributed by atoms with Gasteiger partial charge in [-0.1, -0.05) is 6.42 Å². The number of carbonyl (C=O) groups excluding carboxylic acids is 1. The Kier molecular flexibility index (Phi) is 4.69. The number of pyridine rings is 1. The van der Waals surface area contributed by atoms with Crippen LogP contribution in [0, 0.1) is 5.92 Å². The van der Waals surface area contributed by atoms with E-state index in [2.05, 4.69) is 4.98 Å². The summed E-state index contributed by atoms with van der Waals surface area (Å²) in [5, 5.41) is 0. The number of carbonyl (C=O) groups is 1. The van der Waals surface area contributed by atoms with Crippen LogP contribution in [0.15, 0.2) is 18.3 Å². The van der Waals surface area contributed by atoms with Crippen molar-refractivity contribution in [3.05, 3.63) is 23.9 Å². The van der Waals surface area contributed by atoms with Crippen LogP contribution in [-0.4, -0.2) is 42.0 Å². The number of amides is 1. The third-order valence-corrected chi connectivity index (χ3v) is 5.15. The summed E-state index contributed by atoms with van der Waals surface area (Å²) in [6.07, 6.45) is 1.39. The van der Waals surface area contributed by atoms with Gasteiger partial charge in [-0.05, 0) is 37.8 Å². The number of rotatable bonds is 3. The Morgan fingerprint density at radius 3 is 2.54 bits per heavy atom. The van der Waals surface area contributed by atoms with Crippen LogP contribution in [0.1, 0.15) is 37.7 Å². The van der Waals surface area contributed by atoms with Crippen LogP contribution in [0.25, 0.3) is 0 Å². The quantitative estimate of drug-likeness (QED) is 0.846. The average Bonchev–Trinajstić information content (AvgIpc) is 2.52. The highest BCUT2D eigenvalue weighted by Gasteiger charge is 2.34. The molecule has 1 amide bonds. The molecule has 1 aromatic heterocycles. The first-order valence-electron chi connectivity index (χ1n) is 8.41. The van der Waals surface area contributed by atoms with E-state index in [1.54, 1.807) is 0 Å². The van der Waals surface area contributed by atoms with E-state index in [0.717, 1.165) is 50.9 Å². The van der Waals surface area contributed by atoms with Crippen molar-refractivity contribution in [1.82, 2.24) is 9.88 Å². The zero-order valence-corrected chi connectivity index (χ0v) is 13.7. The molecule has 1 aliphatic carbocycles. The number of piperidine rings is 1. The Hall–Kier alpha value is -1.79. The van der Waals surface area contributed by atoms with Crippen molar-refractivity contribution in [1.29, 1.82) is 0 Å².